The molecule has 1 heterocycles. The number of sulfone groups is 1. The summed E-state index contributed by atoms with van der Waals surface area (Å²) in [6, 6.07) is 8.00. The first-order valence-corrected chi connectivity index (χ1v) is 10.5. The van der Waals surface area contributed by atoms with Crippen molar-refractivity contribution in [3.63, 3.8) is 0 Å². The molecule has 24 heavy (non-hydrogen) atoms. The van der Waals surface area contributed by atoms with Crippen LogP contribution in [0.15, 0.2) is 24.3 Å². The Balaban J connectivity index is 1.56. The Bertz CT molecular complexity index is 715. The molecule has 1 aliphatic heterocycles. The largest absolute Gasteiger partial charge is 0.461 e. The average Bonchev–Trinajstić information content (AvgIpc) is 3.02. The van der Waals surface area contributed by atoms with Gasteiger partial charge in [-0.3, -0.25) is 9.69 Å². The van der Waals surface area contributed by atoms with Crippen LogP contribution in [0.3, 0.4) is 0 Å². The van der Waals surface area contributed by atoms with Crippen molar-refractivity contribution in [2.75, 3.05) is 12.8 Å². The number of fused-ring (bicyclic) bond motifs is 1. The monoisotopic (exact) mass is 351 g/mol. The van der Waals surface area contributed by atoms with Gasteiger partial charge in [0.25, 0.3) is 0 Å². The SMILES string of the molecule is CC(C(=O)OC1CCC(S(C)(=O)=O)C1)N1CCc2ccccc2C1. The Kier molecular flexibility index (Phi) is 4.97. The maximum Gasteiger partial charge on any atom is 0.323 e. The van der Waals surface area contributed by atoms with Crippen LogP contribution in [0.2, 0.25) is 0 Å². The minimum atomic E-state index is -3.05. The van der Waals surface area contributed by atoms with E-state index in [0.717, 1.165) is 19.5 Å². The summed E-state index contributed by atoms with van der Waals surface area (Å²) in [7, 11) is -3.05. The van der Waals surface area contributed by atoms with Gasteiger partial charge in [0, 0.05) is 25.8 Å². The van der Waals surface area contributed by atoms with Crippen LogP contribution in [-0.4, -0.2) is 49.5 Å². The number of carbonyl (C=O) groups is 1. The number of hydrogen-bond donors (Lipinski definition) is 0. The highest BCUT2D eigenvalue weighted by Gasteiger charge is 2.35. The summed E-state index contributed by atoms with van der Waals surface area (Å²) in [6.45, 7) is 3.46. The van der Waals surface area contributed by atoms with E-state index >= 15 is 0 Å². The first kappa shape index (κ1) is 17.4. The molecule has 0 spiro atoms. The molecule has 132 valence electrons. The van der Waals surface area contributed by atoms with E-state index in [2.05, 4.69) is 17.0 Å². The number of rotatable bonds is 4. The number of esters is 1. The van der Waals surface area contributed by atoms with Gasteiger partial charge in [0.1, 0.15) is 22.0 Å². The summed E-state index contributed by atoms with van der Waals surface area (Å²) in [5.74, 6) is -0.242. The van der Waals surface area contributed by atoms with Crippen molar-refractivity contribution in [1.29, 1.82) is 0 Å². The van der Waals surface area contributed by atoms with Gasteiger partial charge in [0.05, 0.1) is 5.25 Å². The van der Waals surface area contributed by atoms with Gasteiger partial charge >= 0.3 is 5.97 Å². The lowest BCUT2D eigenvalue weighted by molar-refractivity contribution is -0.155. The molecule has 1 aromatic rings. The molecule has 5 nitrogen and oxygen atoms in total. The zero-order valence-electron chi connectivity index (χ0n) is 14.3. The highest BCUT2D eigenvalue weighted by atomic mass is 32.2. The molecule has 1 aromatic carbocycles. The molecular weight excluding hydrogens is 326 g/mol. The number of carbonyl (C=O) groups excluding carboxylic acids is 1. The number of ether oxygens (including phenoxy) is 1. The van der Waals surface area contributed by atoms with Crippen molar-refractivity contribution in [1.82, 2.24) is 4.90 Å². The molecule has 0 N–H and O–H groups in total. The molecular formula is C18H25NO4S. The lowest BCUT2D eigenvalue weighted by Crippen LogP contribution is -2.43. The van der Waals surface area contributed by atoms with Crippen LogP contribution in [0.1, 0.15) is 37.3 Å². The predicted molar refractivity (Wildman–Crippen MR) is 92.4 cm³/mol. The summed E-state index contributed by atoms with van der Waals surface area (Å²) < 4.78 is 28.8. The zero-order valence-corrected chi connectivity index (χ0v) is 15.1. The Morgan fingerprint density at radius 1 is 1.25 bits per heavy atom. The highest BCUT2D eigenvalue weighted by molar-refractivity contribution is 7.91. The molecule has 1 fully saturated rings. The average molecular weight is 351 g/mol. The van der Waals surface area contributed by atoms with Crippen molar-refractivity contribution in [3.05, 3.63) is 35.4 Å². The molecule has 0 bridgehead atoms. The Morgan fingerprint density at radius 2 is 1.96 bits per heavy atom. The summed E-state index contributed by atoms with van der Waals surface area (Å²) in [5.41, 5.74) is 2.61. The molecule has 3 rings (SSSR count). The second-order valence-corrected chi connectivity index (χ2v) is 9.31. The molecule has 0 radical (unpaired) electrons. The first-order valence-electron chi connectivity index (χ1n) is 8.55. The highest BCUT2D eigenvalue weighted by Crippen LogP contribution is 2.28. The molecule has 1 saturated carbocycles. The van der Waals surface area contributed by atoms with Gasteiger partial charge in [-0.25, -0.2) is 8.42 Å². The molecule has 0 amide bonds. The minimum Gasteiger partial charge on any atom is -0.461 e. The fourth-order valence-electron chi connectivity index (χ4n) is 3.66. The van der Waals surface area contributed by atoms with Crippen LogP contribution < -0.4 is 0 Å². The van der Waals surface area contributed by atoms with Crippen molar-refractivity contribution >= 4 is 15.8 Å². The normalized spacial score (nSPS) is 25.9. The fourth-order valence-corrected chi connectivity index (χ4v) is 4.79. The van der Waals surface area contributed by atoms with Gasteiger partial charge in [-0.15, -0.1) is 0 Å². The van der Waals surface area contributed by atoms with E-state index in [-0.39, 0.29) is 23.4 Å². The van der Waals surface area contributed by atoms with Crippen molar-refractivity contribution in [3.8, 4) is 0 Å². The standard InChI is InChI=1S/C18H25NO4S/c1-13(19-10-9-14-5-3-4-6-15(14)12-19)18(20)23-16-7-8-17(11-16)24(2,21)22/h3-6,13,16-17H,7-12H2,1-2H3. The maximum atomic E-state index is 12.5. The van der Waals surface area contributed by atoms with E-state index in [1.165, 1.54) is 17.4 Å². The van der Waals surface area contributed by atoms with E-state index in [4.69, 9.17) is 4.74 Å². The molecule has 0 aromatic heterocycles. The lowest BCUT2D eigenvalue weighted by atomic mass is 9.99. The second-order valence-electron chi connectivity index (χ2n) is 6.99. The number of nitrogens with zero attached hydrogens (tertiary/aromatic N) is 1. The molecule has 2 aliphatic rings. The number of benzene rings is 1. The zero-order chi connectivity index (χ0) is 17.3. The third kappa shape index (κ3) is 3.81. The van der Waals surface area contributed by atoms with Crippen molar-refractivity contribution < 1.29 is 17.9 Å². The van der Waals surface area contributed by atoms with Crippen molar-refractivity contribution in [2.24, 2.45) is 0 Å². The van der Waals surface area contributed by atoms with Gasteiger partial charge < -0.3 is 4.74 Å². The minimum absolute atomic E-state index is 0.242. The van der Waals surface area contributed by atoms with Gasteiger partial charge in [-0.05, 0) is 37.3 Å². The van der Waals surface area contributed by atoms with E-state index in [0.29, 0.717) is 19.3 Å². The Hall–Kier alpha value is -1.40. The Morgan fingerprint density at radius 3 is 2.62 bits per heavy atom. The van der Waals surface area contributed by atoms with Crippen LogP contribution >= 0.6 is 0 Å². The van der Waals surface area contributed by atoms with Crippen LogP contribution in [0.25, 0.3) is 0 Å². The quantitative estimate of drug-likeness (QED) is 0.776. The molecule has 3 atom stereocenters. The van der Waals surface area contributed by atoms with E-state index < -0.39 is 9.84 Å². The topological polar surface area (TPSA) is 63.7 Å². The van der Waals surface area contributed by atoms with E-state index in [1.807, 2.05) is 19.1 Å². The summed E-state index contributed by atoms with van der Waals surface area (Å²) in [6.07, 6.45) is 3.58. The molecule has 0 saturated heterocycles. The third-order valence-electron chi connectivity index (χ3n) is 5.27. The number of hydrogen-bond acceptors (Lipinski definition) is 5. The summed E-state index contributed by atoms with van der Waals surface area (Å²) in [4.78, 5) is 14.6. The van der Waals surface area contributed by atoms with E-state index in [1.54, 1.807) is 0 Å². The maximum absolute atomic E-state index is 12.5. The lowest BCUT2D eigenvalue weighted by Gasteiger charge is -2.32. The van der Waals surface area contributed by atoms with E-state index in [9.17, 15) is 13.2 Å². The van der Waals surface area contributed by atoms with Crippen molar-refractivity contribution in [2.45, 2.75) is 56.5 Å². The second kappa shape index (κ2) is 6.84. The van der Waals surface area contributed by atoms with Crippen LogP contribution in [-0.2, 0) is 32.3 Å². The third-order valence-corrected chi connectivity index (χ3v) is 6.91. The summed E-state index contributed by atoms with van der Waals surface area (Å²) in [5, 5.41) is -0.368. The van der Waals surface area contributed by atoms with Crippen LogP contribution in [0.5, 0.6) is 0 Å². The summed E-state index contributed by atoms with van der Waals surface area (Å²) >= 11 is 0. The molecule has 1 aliphatic carbocycles. The molecule has 3 unspecified atom stereocenters. The first-order chi connectivity index (χ1) is 11.3. The predicted octanol–water partition coefficient (Wildman–Crippen LogP) is 1.94. The van der Waals surface area contributed by atoms with Gasteiger partial charge in [-0.1, -0.05) is 24.3 Å². The van der Waals surface area contributed by atoms with Gasteiger partial charge in [0.15, 0.2) is 0 Å². The van der Waals surface area contributed by atoms with Crippen LogP contribution in [0.4, 0.5) is 0 Å². The fraction of sp³-hybridized carbons (Fsp3) is 0.611. The molecule has 6 heteroatoms. The smallest absolute Gasteiger partial charge is 0.323 e. The van der Waals surface area contributed by atoms with Gasteiger partial charge in [-0.2, -0.15) is 0 Å². The van der Waals surface area contributed by atoms with Crippen LogP contribution in [0, 0.1) is 0 Å². The van der Waals surface area contributed by atoms with Gasteiger partial charge in [0.2, 0.25) is 0 Å². The Labute approximate surface area is 143 Å².